The summed E-state index contributed by atoms with van der Waals surface area (Å²) < 4.78 is 0. The van der Waals surface area contributed by atoms with Crippen LogP contribution in [0.1, 0.15) is 40.8 Å². The molecule has 2 aliphatic rings. The lowest BCUT2D eigenvalue weighted by Crippen LogP contribution is -2.34. The molecule has 27 heavy (non-hydrogen) atoms. The Morgan fingerprint density at radius 3 is 2.26 bits per heavy atom. The van der Waals surface area contributed by atoms with Gasteiger partial charge in [0.15, 0.2) is 0 Å². The SMILES string of the molecule is Clc1ccc2c(c1)CCC1=NCC(c3ccccc3)N1C2c1ccccc1. The zero-order chi connectivity index (χ0) is 18.2. The second-order valence-electron chi connectivity index (χ2n) is 7.25. The van der Waals surface area contributed by atoms with Crippen molar-refractivity contribution in [3.8, 4) is 0 Å². The highest BCUT2D eigenvalue weighted by molar-refractivity contribution is 6.30. The van der Waals surface area contributed by atoms with Crippen LogP contribution >= 0.6 is 11.6 Å². The Morgan fingerprint density at radius 1 is 0.815 bits per heavy atom. The third-order valence-electron chi connectivity index (χ3n) is 5.68. The average molecular weight is 373 g/mol. The summed E-state index contributed by atoms with van der Waals surface area (Å²) in [4.78, 5) is 7.51. The van der Waals surface area contributed by atoms with E-state index in [1.165, 1.54) is 28.1 Å². The number of hydrogen-bond donors (Lipinski definition) is 0. The molecule has 0 saturated heterocycles. The van der Waals surface area contributed by atoms with E-state index < -0.39 is 0 Å². The maximum Gasteiger partial charge on any atom is 0.101 e. The Bertz CT molecular complexity index is 982. The zero-order valence-electron chi connectivity index (χ0n) is 15.1. The normalized spacial score (nSPS) is 21.2. The Morgan fingerprint density at radius 2 is 1.52 bits per heavy atom. The number of nitrogens with zero attached hydrogens (tertiary/aromatic N) is 2. The second kappa shape index (κ2) is 6.86. The van der Waals surface area contributed by atoms with E-state index in [9.17, 15) is 0 Å². The van der Waals surface area contributed by atoms with Gasteiger partial charge in [-0.15, -0.1) is 0 Å². The molecule has 2 aliphatic heterocycles. The fourth-order valence-corrected chi connectivity index (χ4v) is 4.64. The van der Waals surface area contributed by atoms with Gasteiger partial charge in [0.25, 0.3) is 0 Å². The molecule has 3 aromatic rings. The van der Waals surface area contributed by atoms with Crippen molar-refractivity contribution in [2.45, 2.75) is 24.9 Å². The summed E-state index contributed by atoms with van der Waals surface area (Å²) in [5.41, 5.74) is 5.31. The van der Waals surface area contributed by atoms with Gasteiger partial charge in [-0.3, -0.25) is 4.99 Å². The smallest absolute Gasteiger partial charge is 0.101 e. The Kier molecular flexibility index (Phi) is 4.21. The monoisotopic (exact) mass is 372 g/mol. The lowest BCUT2D eigenvalue weighted by atomic mass is 9.91. The third kappa shape index (κ3) is 2.94. The Labute approximate surface area is 165 Å². The molecule has 134 valence electrons. The minimum atomic E-state index is 0.160. The van der Waals surface area contributed by atoms with E-state index in [0.29, 0.717) is 0 Å². The first-order chi connectivity index (χ1) is 13.3. The van der Waals surface area contributed by atoms with Gasteiger partial charge in [0.1, 0.15) is 5.84 Å². The Hall–Kier alpha value is -2.58. The lowest BCUT2D eigenvalue weighted by molar-refractivity contribution is 0.296. The topological polar surface area (TPSA) is 15.6 Å². The van der Waals surface area contributed by atoms with Gasteiger partial charge in [0.2, 0.25) is 0 Å². The van der Waals surface area contributed by atoms with Crippen LogP contribution in [0.2, 0.25) is 5.02 Å². The minimum absolute atomic E-state index is 0.160. The number of fused-ring (bicyclic) bond motifs is 2. The standard InChI is InChI=1S/C24H21ClN2/c25-20-12-13-21-19(15-20)11-14-23-26-16-22(17-7-3-1-4-8-17)27(23)24(21)18-9-5-2-6-10-18/h1-10,12-13,15,22,24H,11,14,16H2. The van der Waals surface area contributed by atoms with Crippen LogP contribution < -0.4 is 0 Å². The van der Waals surface area contributed by atoms with Crippen LogP contribution in [-0.2, 0) is 6.42 Å². The summed E-state index contributed by atoms with van der Waals surface area (Å²) in [6.07, 6.45) is 1.94. The zero-order valence-corrected chi connectivity index (χ0v) is 15.8. The van der Waals surface area contributed by atoms with Crippen molar-refractivity contribution in [3.05, 3.63) is 106 Å². The molecular formula is C24H21ClN2. The predicted molar refractivity (Wildman–Crippen MR) is 111 cm³/mol. The van der Waals surface area contributed by atoms with Crippen molar-refractivity contribution in [3.63, 3.8) is 0 Å². The molecule has 0 radical (unpaired) electrons. The summed E-state index contributed by atoms with van der Waals surface area (Å²) >= 11 is 6.33. The van der Waals surface area contributed by atoms with Crippen LogP contribution in [0.15, 0.2) is 83.9 Å². The van der Waals surface area contributed by atoms with Crippen molar-refractivity contribution in [2.75, 3.05) is 6.54 Å². The average Bonchev–Trinajstić information content (AvgIpc) is 3.06. The fourth-order valence-electron chi connectivity index (χ4n) is 4.45. The van der Waals surface area contributed by atoms with Crippen LogP contribution in [0, 0.1) is 0 Å². The van der Waals surface area contributed by atoms with Crippen LogP contribution in [0.4, 0.5) is 0 Å². The first-order valence-corrected chi connectivity index (χ1v) is 9.89. The molecule has 0 fully saturated rings. The van der Waals surface area contributed by atoms with Crippen molar-refractivity contribution < 1.29 is 0 Å². The van der Waals surface area contributed by atoms with Crippen LogP contribution in [0.5, 0.6) is 0 Å². The van der Waals surface area contributed by atoms with Crippen LogP contribution in [0.3, 0.4) is 0 Å². The van der Waals surface area contributed by atoms with Gasteiger partial charge in [-0.25, -0.2) is 0 Å². The maximum atomic E-state index is 6.33. The van der Waals surface area contributed by atoms with Crippen molar-refractivity contribution in [1.82, 2.24) is 4.90 Å². The molecule has 2 nitrogen and oxygen atoms in total. The number of hydrogen-bond acceptors (Lipinski definition) is 2. The first kappa shape index (κ1) is 16.6. The number of amidine groups is 1. The van der Waals surface area contributed by atoms with Gasteiger partial charge >= 0.3 is 0 Å². The molecule has 0 N–H and O–H groups in total. The van der Waals surface area contributed by atoms with Crippen molar-refractivity contribution >= 4 is 17.4 Å². The second-order valence-corrected chi connectivity index (χ2v) is 7.68. The number of aliphatic imine (C=N–C) groups is 1. The van der Waals surface area contributed by atoms with E-state index in [0.717, 1.165) is 24.4 Å². The molecule has 2 heterocycles. The van der Waals surface area contributed by atoms with E-state index >= 15 is 0 Å². The molecule has 5 rings (SSSR count). The summed E-state index contributed by atoms with van der Waals surface area (Å²) in [6.45, 7) is 0.825. The Balaban J connectivity index is 1.69. The number of rotatable bonds is 2. The fraction of sp³-hybridized carbons (Fsp3) is 0.208. The summed E-state index contributed by atoms with van der Waals surface area (Å²) in [7, 11) is 0. The molecule has 3 aromatic carbocycles. The molecular weight excluding hydrogens is 352 g/mol. The van der Waals surface area contributed by atoms with Crippen molar-refractivity contribution in [2.24, 2.45) is 4.99 Å². The number of aryl methyl sites for hydroxylation is 1. The molecule has 2 atom stereocenters. The van der Waals surface area contributed by atoms with Gasteiger partial charge in [-0.2, -0.15) is 0 Å². The van der Waals surface area contributed by atoms with E-state index in [2.05, 4.69) is 77.7 Å². The van der Waals surface area contributed by atoms with Crippen LogP contribution in [-0.4, -0.2) is 17.3 Å². The molecule has 0 bridgehead atoms. The van der Waals surface area contributed by atoms with Gasteiger partial charge in [0.05, 0.1) is 18.6 Å². The number of benzene rings is 3. The molecule has 0 aliphatic carbocycles. The molecule has 2 unspecified atom stereocenters. The molecule has 0 spiro atoms. The molecule has 0 saturated carbocycles. The summed E-state index contributed by atoms with van der Waals surface area (Å²) in [5, 5.41) is 0.809. The van der Waals surface area contributed by atoms with Gasteiger partial charge in [0, 0.05) is 11.4 Å². The highest BCUT2D eigenvalue weighted by atomic mass is 35.5. The van der Waals surface area contributed by atoms with E-state index in [4.69, 9.17) is 16.6 Å². The molecule has 3 heteroatoms. The summed E-state index contributed by atoms with van der Waals surface area (Å²) in [6, 6.07) is 28.3. The molecule has 0 amide bonds. The van der Waals surface area contributed by atoms with Gasteiger partial charge in [-0.05, 0) is 40.8 Å². The van der Waals surface area contributed by atoms with E-state index in [1.54, 1.807) is 0 Å². The van der Waals surface area contributed by atoms with Gasteiger partial charge in [-0.1, -0.05) is 78.3 Å². The van der Waals surface area contributed by atoms with Gasteiger partial charge < -0.3 is 4.90 Å². The lowest BCUT2D eigenvalue weighted by Gasteiger charge is -2.36. The maximum absolute atomic E-state index is 6.33. The first-order valence-electron chi connectivity index (χ1n) is 9.51. The van der Waals surface area contributed by atoms with Crippen molar-refractivity contribution in [1.29, 1.82) is 0 Å². The largest absolute Gasteiger partial charge is 0.340 e. The van der Waals surface area contributed by atoms with E-state index in [1.807, 2.05) is 6.07 Å². The summed E-state index contributed by atoms with van der Waals surface area (Å²) in [5.74, 6) is 1.21. The van der Waals surface area contributed by atoms with E-state index in [-0.39, 0.29) is 12.1 Å². The minimum Gasteiger partial charge on any atom is -0.340 e. The highest BCUT2D eigenvalue weighted by Crippen LogP contribution is 2.43. The third-order valence-corrected chi connectivity index (χ3v) is 5.91. The molecule has 0 aromatic heterocycles. The highest BCUT2D eigenvalue weighted by Gasteiger charge is 2.38. The predicted octanol–water partition coefficient (Wildman–Crippen LogP) is 5.83. The quantitative estimate of drug-likeness (QED) is 0.552. The number of halogens is 1. The van der Waals surface area contributed by atoms with Crippen LogP contribution in [0.25, 0.3) is 0 Å².